The molecule has 1 atom stereocenters. The van der Waals surface area contributed by atoms with Gasteiger partial charge < -0.3 is 15.6 Å². The van der Waals surface area contributed by atoms with Gasteiger partial charge >= 0.3 is 0 Å². The molecule has 2 heterocycles. The van der Waals surface area contributed by atoms with Gasteiger partial charge in [0.15, 0.2) is 5.13 Å². The van der Waals surface area contributed by atoms with Crippen LogP contribution >= 0.6 is 22.9 Å². The quantitative estimate of drug-likeness (QED) is 0.229. The number of aromatic nitrogens is 2. The Kier molecular flexibility index (Phi) is 5.74. The molecule has 0 aliphatic heterocycles. The highest BCUT2D eigenvalue weighted by Gasteiger charge is 2.30. The number of nitrogens with one attached hydrogen (secondary N) is 3. The predicted octanol–water partition coefficient (Wildman–Crippen LogP) is 6.94. The van der Waals surface area contributed by atoms with Crippen molar-refractivity contribution in [1.29, 1.82) is 0 Å². The third-order valence-electron chi connectivity index (χ3n) is 6.52. The Balaban J connectivity index is 1.27. The molecule has 1 aliphatic carbocycles. The van der Waals surface area contributed by atoms with Crippen molar-refractivity contribution < 1.29 is 9.59 Å². The lowest BCUT2D eigenvalue weighted by Crippen LogP contribution is -2.26. The van der Waals surface area contributed by atoms with E-state index in [1.165, 1.54) is 11.3 Å². The van der Waals surface area contributed by atoms with Crippen LogP contribution < -0.4 is 10.6 Å². The van der Waals surface area contributed by atoms with Crippen LogP contribution in [0.2, 0.25) is 5.02 Å². The summed E-state index contributed by atoms with van der Waals surface area (Å²) < 4.78 is 1.00. The second kappa shape index (κ2) is 9.08. The van der Waals surface area contributed by atoms with Crippen molar-refractivity contribution in [2.24, 2.45) is 5.92 Å². The number of hydrogen-bond acceptors (Lipinski definition) is 4. The van der Waals surface area contributed by atoms with Crippen molar-refractivity contribution in [1.82, 2.24) is 15.3 Å². The van der Waals surface area contributed by atoms with E-state index in [-0.39, 0.29) is 23.8 Å². The summed E-state index contributed by atoms with van der Waals surface area (Å²) in [5.74, 6) is 0.0445. The largest absolute Gasteiger partial charge is 0.360 e. The lowest BCUT2D eigenvalue weighted by molar-refractivity contribution is -0.117. The number of hydrogen-bond donors (Lipinski definition) is 3. The van der Waals surface area contributed by atoms with Gasteiger partial charge in [-0.2, -0.15) is 0 Å². The molecule has 0 bridgehead atoms. The number of aromatic amines is 1. The summed E-state index contributed by atoms with van der Waals surface area (Å²) in [7, 11) is 0. The van der Waals surface area contributed by atoms with E-state index in [1.54, 1.807) is 6.20 Å². The van der Waals surface area contributed by atoms with Gasteiger partial charge in [-0.05, 0) is 72.9 Å². The number of halogens is 1. The van der Waals surface area contributed by atoms with Crippen LogP contribution in [0.3, 0.4) is 0 Å². The third-order valence-corrected chi connectivity index (χ3v) is 7.69. The van der Waals surface area contributed by atoms with Crippen LogP contribution in [0.5, 0.6) is 0 Å². The van der Waals surface area contributed by atoms with Gasteiger partial charge in [-0.1, -0.05) is 47.2 Å². The number of anilines is 1. The van der Waals surface area contributed by atoms with Crippen molar-refractivity contribution in [3.05, 3.63) is 83.0 Å². The Morgan fingerprint density at radius 2 is 1.89 bits per heavy atom. The number of carbonyl (C=O) groups is 2. The number of fused-ring (bicyclic) bond motifs is 2. The zero-order valence-corrected chi connectivity index (χ0v) is 21.0. The van der Waals surface area contributed by atoms with Crippen molar-refractivity contribution in [2.45, 2.75) is 25.8 Å². The molecule has 2 aromatic heterocycles. The lowest BCUT2D eigenvalue weighted by atomic mass is 10.0. The molecule has 2 amide bonds. The number of benzene rings is 3. The zero-order valence-electron chi connectivity index (χ0n) is 19.5. The van der Waals surface area contributed by atoms with Crippen LogP contribution in [0.25, 0.3) is 32.2 Å². The Hall–Kier alpha value is -3.68. The summed E-state index contributed by atoms with van der Waals surface area (Å²) in [5, 5.41) is 8.13. The van der Waals surface area contributed by atoms with Gasteiger partial charge in [0.05, 0.1) is 21.8 Å². The summed E-state index contributed by atoms with van der Waals surface area (Å²) in [4.78, 5) is 33.0. The van der Waals surface area contributed by atoms with E-state index in [1.807, 2.05) is 61.5 Å². The van der Waals surface area contributed by atoms with E-state index in [4.69, 9.17) is 11.6 Å². The molecule has 1 unspecified atom stereocenters. The van der Waals surface area contributed by atoms with Gasteiger partial charge in [-0.3, -0.25) is 9.59 Å². The Bertz CT molecular complexity index is 1640. The van der Waals surface area contributed by atoms with Crippen LogP contribution in [-0.4, -0.2) is 21.8 Å². The first-order valence-corrected chi connectivity index (χ1v) is 13.0. The molecule has 1 fully saturated rings. The Morgan fingerprint density at radius 1 is 1.08 bits per heavy atom. The molecule has 0 saturated heterocycles. The first kappa shape index (κ1) is 22.8. The van der Waals surface area contributed by atoms with E-state index >= 15 is 0 Å². The molecule has 1 saturated carbocycles. The van der Waals surface area contributed by atoms with Crippen molar-refractivity contribution in [3.8, 4) is 11.1 Å². The number of H-pyrrole nitrogens is 1. The highest BCUT2D eigenvalue weighted by molar-refractivity contribution is 7.22. The van der Waals surface area contributed by atoms with Crippen LogP contribution in [0.4, 0.5) is 5.13 Å². The average Bonchev–Trinajstić information content (AvgIpc) is 3.52. The molecule has 3 N–H and O–H groups in total. The molecule has 8 heteroatoms. The minimum atomic E-state index is -0.187. The normalized spacial score (nSPS) is 14.2. The van der Waals surface area contributed by atoms with Crippen LogP contribution in [-0.2, 0) is 4.79 Å². The monoisotopic (exact) mass is 514 g/mol. The first-order valence-electron chi connectivity index (χ1n) is 11.8. The summed E-state index contributed by atoms with van der Waals surface area (Å²) in [6.07, 6.45) is 3.67. The number of nitrogens with zero attached hydrogens (tertiary/aromatic N) is 1. The molecule has 0 radical (unpaired) electrons. The number of thiazole rings is 1. The summed E-state index contributed by atoms with van der Waals surface area (Å²) in [5.41, 5.74) is 5.30. The second-order valence-corrected chi connectivity index (χ2v) is 10.6. The van der Waals surface area contributed by atoms with E-state index in [9.17, 15) is 9.59 Å². The fourth-order valence-electron chi connectivity index (χ4n) is 4.33. The maximum absolute atomic E-state index is 13.1. The van der Waals surface area contributed by atoms with Gasteiger partial charge in [0.25, 0.3) is 5.91 Å². The Labute approximate surface area is 216 Å². The number of rotatable bonds is 6. The van der Waals surface area contributed by atoms with E-state index in [0.717, 1.165) is 50.7 Å². The average molecular weight is 515 g/mol. The maximum atomic E-state index is 13.1. The summed E-state index contributed by atoms with van der Waals surface area (Å²) in [6.45, 7) is 1.94. The van der Waals surface area contributed by atoms with E-state index in [2.05, 4.69) is 26.7 Å². The smallest absolute Gasteiger partial charge is 0.253 e. The van der Waals surface area contributed by atoms with Crippen LogP contribution in [0.1, 0.15) is 41.7 Å². The van der Waals surface area contributed by atoms with Gasteiger partial charge in [0.1, 0.15) is 0 Å². The molecule has 6 nitrogen and oxygen atoms in total. The van der Waals surface area contributed by atoms with E-state index in [0.29, 0.717) is 15.7 Å². The molecule has 6 rings (SSSR count). The molecule has 3 aromatic carbocycles. The molecule has 180 valence electrons. The maximum Gasteiger partial charge on any atom is 0.253 e. The van der Waals surface area contributed by atoms with Crippen LogP contribution in [0, 0.1) is 5.92 Å². The topological polar surface area (TPSA) is 86.9 Å². The molecule has 1 aliphatic rings. The minimum Gasteiger partial charge on any atom is -0.360 e. The third kappa shape index (κ3) is 4.47. The fraction of sp³-hybridized carbons (Fsp3) is 0.179. The molecule has 36 heavy (non-hydrogen) atoms. The molecule has 5 aromatic rings. The highest BCUT2D eigenvalue weighted by atomic mass is 35.5. The van der Waals surface area contributed by atoms with Crippen molar-refractivity contribution in [3.63, 3.8) is 0 Å². The number of carbonyl (C=O) groups excluding carboxylic acids is 2. The van der Waals surface area contributed by atoms with Gasteiger partial charge in [0.2, 0.25) is 5.91 Å². The van der Waals surface area contributed by atoms with Gasteiger partial charge in [0, 0.05) is 28.0 Å². The standard InChI is InChI=1S/C28H23ClN4O2S/c1-15(17-3-2-4-20(29)11-17)31-27(35)22-14-30-23-9-7-18(12-21(22)23)19-8-10-24-25(13-19)36-28(32-24)33-26(34)16-5-6-16/h2-4,7-16,30H,5-6H2,1H3,(H,31,35)(H,32,33,34). The van der Waals surface area contributed by atoms with Crippen LogP contribution in [0.15, 0.2) is 66.9 Å². The SMILES string of the molecule is CC(NC(=O)c1c[nH]c2ccc(-c3ccc4nc(NC(=O)C5CC5)sc4c3)cc12)c1cccc(Cl)c1. The molecule has 0 spiro atoms. The first-order chi connectivity index (χ1) is 17.4. The molecular weight excluding hydrogens is 492 g/mol. The minimum absolute atomic E-state index is 0.0580. The summed E-state index contributed by atoms with van der Waals surface area (Å²) in [6, 6.07) is 19.4. The molecular formula is C28H23ClN4O2S. The predicted molar refractivity (Wildman–Crippen MR) is 146 cm³/mol. The number of amides is 2. The zero-order chi connectivity index (χ0) is 24.8. The van der Waals surface area contributed by atoms with Crippen molar-refractivity contribution >= 4 is 61.0 Å². The fourth-order valence-corrected chi connectivity index (χ4v) is 5.44. The van der Waals surface area contributed by atoms with Gasteiger partial charge in [-0.25, -0.2) is 4.98 Å². The lowest BCUT2D eigenvalue weighted by Gasteiger charge is -2.14. The highest BCUT2D eigenvalue weighted by Crippen LogP contribution is 2.34. The van der Waals surface area contributed by atoms with Gasteiger partial charge in [-0.15, -0.1) is 0 Å². The second-order valence-electron chi connectivity index (χ2n) is 9.18. The van der Waals surface area contributed by atoms with Crippen molar-refractivity contribution in [2.75, 3.05) is 5.32 Å². The Morgan fingerprint density at radius 3 is 2.69 bits per heavy atom. The summed E-state index contributed by atoms with van der Waals surface area (Å²) >= 11 is 7.59. The van der Waals surface area contributed by atoms with E-state index < -0.39 is 0 Å².